The molecule has 0 aliphatic carbocycles. The number of hydrogen-bond donors (Lipinski definition) is 3. The van der Waals surface area contributed by atoms with Crippen molar-refractivity contribution in [1.82, 2.24) is 14.8 Å². The maximum atomic E-state index is 13.6. The van der Waals surface area contributed by atoms with E-state index in [0.29, 0.717) is 5.06 Å². The van der Waals surface area contributed by atoms with Gasteiger partial charge in [0.15, 0.2) is 0 Å². The lowest BCUT2D eigenvalue weighted by Gasteiger charge is -2.39. The second-order valence-corrected chi connectivity index (χ2v) is 8.25. The maximum Gasteiger partial charge on any atom is 0.347 e. The van der Waals surface area contributed by atoms with Gasteiger partial charge in [-0.25, -0.2) is 18.9 Å². The van der Waals surface area contributed by atoms with Gasteiger partial charge in [-0.3, -0.25) is 9.77 Å². The van der Waals surface area contributed by atoms with E-state index in [4.69, 9.17) is 27.7 Å². The summed E-state index contributed by atoms with van der Waals surface area (Å²) >= 11 is 11.4. The number of alkyl halides is 2. The van der Waals surface area contributed by atoms with Gasteiger partial charge in [-0.1, -0.05) is 12.1 Å². The second kappa shape index (κ2) is 9.85. The Bertz CT molecular complexity index is 666. The molecule has 8 nitrogen and oxygen atoms in total. The highest BCUT2D eigenvalue weighted by Crippen LogP contribution is 2.49. The molecule has 26 heavy (non-hydrogen) atoms. The summed E-state index contributed by atoms with van der Waals surface area (Å²) < 4.78 is 33.4. The fourth-order valence-electron chi connectivity index (χ4n) is 2.37. The summed E-state index contributed by atoms with van der Waals surface area (Å²) in [6.07, 6.45) is -0.810. The number of hydrogen-bond acceptors (Lipinski definition) is 4. The Morgan fingerprint density at radius 3 is 2.65 bits per heavy atom. The number of carbonyl (C=O) groups excluding carboxylic acids is 1. The van der Waals surface area contributed by atoms with Crippen molar-refractivity contribution < 1.29 is 23.5 Å². The lowest BCUT2D eigenvalue weighted by Crippen LogP contribution is -2.52. The minimum Gasteiger partial charge on any atom is -0.306 e. The number of anilines is 1. The smallest absolute Gasteiger partial charge is 0.306 e. The molecule has 1 aromatic rings. The molecule has 2 unspecified atom stereocenters. The minimum atomic E-state index is -3.54. The summed E-state index contributed by atoms with van der Waals surface area (Å²) in [5, 5.41) is 15.4. The third-order valence-electron chi connectivity index (χ3n) is 3.65. The summed E-state index contributed by atoms with van der Waals surface area (Å²) in [7, 11) is -3.54. The number of hydroxylamine groups is 2. The maximum absolute atomic E-state index is 13.6. The van der Waals surface area contributed by atoms with Crippen molar-refractivity contribution in [2.24, 2.45) is 0 Å². The highest BCUT2D eigenvalue weighted by Gasteiger charge is 2.40. The van der Waals surface area contributed by atoms with E-state index in [9.17, 15) is 19.0 Å². The fraction of sp³-hybridized carbons (Fsp3) is 0.500. The molecule has 3 N–H and O–H groups in total. The summed E-state index contributed by atoms with van der Waals surface area (Å²) in [4.78, 5) is 12.2. The number of rotatable bonds is 7. The third kappa shape index (κ3) is 5.29. The van der Waals surface area contributed by atoms with Crippen LogP contribution in [0.3, 0.4) is 0 Å². The first-order chi connectivity index (χ1) is 12.4. The van der Waals surface area contributed by atoms with Crippen LogP contribution in [-0.2, 0) is 9.09 Å². The van der Waals surface area contributed by atoms with Gasteiger partial charge in [0.05, 0.1) is 12.3 Å². The molecule has 0 saturated carbocycles. The predicted octanol–water partition coefficient (Wildman–Crippen LogP) is 3.27. The Hall–Kier alpha value is -0.930. The molecule has 1 saturated heterocycles. The van der Waals surface area contributed by atoms with Crippen molar-refractivity contribution in [3.63, 3.8) is 0 Å². The zero-order valence-corrected chi connectivity index (χ0v) is 16.2. The molecule has 1 aliphatic rings. The molecule has 2 amide bonds. The Labute approximate surface area is 160 Å². The first kappa shape index (κ1) is 21.4. The number of urea groups is 1. The Morgan fingerprint density at radius 1 is 1.38 bits per heavy atom. The van der Waals surface area contributed by atoms with E-state index in [0.717, 1.165) is 0 Å². The number of benzene rings is 1. The van der Waals surface area contributed by atoms with E-state index in [1.165, 1.54) is 28.9 Å². The van der Waals surface area contributed by atoms with Gasteiger partial charge in [0.1, 0.15) is 12.0 Å². The normalized spacial score (nSPS) is 23.0. The SMILES string of the molecule is O=C(Nc1ccccc1F)N(O)C1CCOP(=O)(N(CCCl)CCCl)N1. The van der Waals surface area contributed by atoms with Crippen LogP contribution in [0, 0.1) is 5.82 Å². The fourth-order valence-corrected chi connectivity index (χ4v) is 5.10. The molecule has 0 radical (unpaired) electrons. The van der Waals surface area contributed by atoms with Crippen molar-refractivity contribution in [2.75, 3.05) is 36.8 Å². The standard InChI is InChI=1S/C14H20Cl2FN4O4P/c15-6-8-20(9-7-16)26(24)19-13(5-10-25-26)21(23)14(22)18-12-4-2-1-3-11(12)17/h1-4,13,23H,5-10H2,(H,18,22)(H,19,24). The van der Waals surface area contributed by atoms with Gasteiger partial charge < -0.3 is 9.84 Å². The molecular formula is C14H20Cl2FN4O4P. The van der Waals surface area contributed by atoms with E-state index in [-0.39, 0.29) is 43.6 Å². The Balaban J connectivity index is 2.06. The molecule has 2 atom stereocenters. The van der Waals surface area contributed by atoms with Gasteiger partial charge in [-0.2, -0.15) is 5.06 Å². The lowest BCUT2D eigenvalue weighted by atomic mass is 10.3. The van der Waals surface area contributed by atoms with Gasteiger partial charge in [0, 0.05) is 31.3 Å². The number of amides is 2. The predicted molar refractivity (Wildman–Crippen MR) is 97.2 cm³/mol. The zero-order valence-electron chi connectivity index (χ0n) is 13.8. The van der Waals surface area contributed by atoms with Crippen LogP contribution in [0.4, 0.5) is 14.9 Å². The van der Waals surface area contributed by atoms with Crippen molar-refractivity contribution in [1.29, 1.82) is 0 Å². The quantitative estimate of drug-likeness (QED) is 0.267. The van der Waals surface area contributed by atoms with Crippen LogP contribution < -0.4 is 10.4 Å². The molecule has 146 valence electrons. The number of nitrogens with one attached hydrogen (secondary N) is 2. The van der Waals surface area contributed by atoms with E-state index in [1.54, 1.807) is 0 Å². The Kier molecular flexibility index (Phi) is 8.09. The topological polar surface area (TPSA) is 94.1 Å². The van der Waals surface area contributed by atoms with Gasteiger partial charge in [-0.05, 0) is 12.1 Å². The van der Waals surface area contributed by atoms with Crippen LogP contribution in [0.2, 0.25) is 0 Å². The molecule has 1 aliphatic heterocycles. The molecule has 1 heterocycles. The first-order valence-corrected chi connectivity index (χ1v) is 10.5. The molecule has 1 aromatic carbocycles. The third-order valence-corrected chi connectivity index (χ3v) is 6.29. The minimum absolute atomic E-state index is 0.0417. The summed E-state index contributed by atoms with van der Waals surface area (Å²) in [5.74, 6) is -0.240. The molecule has 12 heteroatoms. The monoisotopic (exact) mass is 428 g/mol. The number of carbonyl (C=O) groups is 1. The van der Waals surface area contributed by atoms with Gasteiger partial charge in [0.2, 0.25) is 0 Å². The molecule has 0 bridgehead atoms. The second-order valence-electron chi connectivity index (χ2n) is 5.37. The summed E-state index contributed by atoms with van der Waals surface area (Å²) in [5.41, 5.74) is -0.0855. The van der Waals surface area contributed by atoms with E-state index in [2.05, 4.69) is 10.4 Å². The van der Waals surface area contributed by atoms with Crippen LogP contribution in [0.5, 0.6) is 0 Å². The van der Waals surface area contributed by atoms with Gasteiger partial charge in [0.25, 0.3) is 0 Å². The molecule has 0 aromatic heterocycles. The molecule has 0 spiro atoms. The van der Waals surface area contributed by atoms with Crippen LogP contribution in [0.1, 0.15) is 6.42 Å². The number of para-hydroxylation sites is 1. The highest BCUT2D eigenvalue weighted by molar-refractivity contribution is 7.54. The molecule has 1 fully saturated rings. The first-order valence-electron chi connectivity index (χ1n) is 7.84. The largest absolute Gasteiger partial charge is 0.347 e. The highest BCUT2D eigenvalue weighted by atomic mass is 35.5. The van der Waals surface area contributed by atoms with Crippen molar-refractivity contribution in [3.8, 4) is 0 Å². The Morgan fingerprint density at radius 2 is 2.04 bits per heavy atom. The lowest BCUT2D eigenvalue weighted by molar-refractivity contribution is -0.0876. The summed E-state index contributed by atoms with van der Waals surface area (Å²) in [6, 6.07) is 4.57. The van der Waals surface area contributed by atoms with Gasteiger partial charge in [-0.15, -0.1) is 23.2 Å². The van der Waals surface area contributed by atoms with Crippen LogP contribution in [0.15, 0.2) is 24.3 Å². The van der Waals surface area contributed by atoms with E-state index >= 15 is 0 Å². The van der Waals surface area contributed by atoms with Crippen molar-refractivity contribution in [3.05, 3.63) is 30.1 Å². The van der Waals surface area contributed by atoms with E-state index in [1.807, 2.05) is 0 Å². The number of halogens is 3. The van der Waals surface area contributed by atoms with Crippen LogP contribution in [0.25, 0.3) is 0 Å². The molecular weight excluding hydrogens is 409 g/mol. The van der Waals surface area contributed by atoms with Crippen LogP contribution in [-0.4, -0.2) is 58.6 Å². The summed E-state index contributed by atoms with van der Waals surface area (Å²) in [6.45, 7) is 0.538. The molecule has 2 rings (SSSR count). The van der Waals surface area contributed by atoms with Crippen molar-refractivity contribution >= 4 is 42.6 Å². The average molecular weight is 429 g/mol. The number of nitrogens with zero attached hydrogens (tertiary/aromatic N) is 2. The zero-order chi connectivity index (χ0) is 19.2. The van der Waals surface area contributed by atoms with Gasteiger partial charge >= 0.3 is 13.7 Å². The van der Waals surface area contributed by atoms with Crippen LogP contribution >= 0.6 is 30.9 Å². The van der Waals surface area contributed by atoms with Crippen molar-refractivity contribution in [2.45, 2.75) is 12.6 Å². The van der Waals surface area contributed by atoms with E-state index < -0.39 is 25.7 Å². The average Bonchev–Trinajstić information content (AvgIpc) is 2.63.